The van der Waals surface area contributed by atoms with E-state index >= 15 is 0 Å². The molecule has 0 fully saturated rings. The number of nitrogens with zero attached hydrogens (tertiary/aromatic N) is 2. The van der Waals surface area contributed by atoms with E-state index in [-0.39, 0.29) is 5.78 Å². The Kier molecular flexibility index (Phi) is 1.94. The third-order valence-corrected chi connectivity index (χ3v) is 1.91. The van der Waals surface area contributed by atoms with E-state index in [2.05, 4.69) is 15.3 Å². The molecule has 1 aromatic heterocycles. The molecule has 0 bridgehead atoms. The lowest BCUT2D eigenvalue weighted by Crippen LogP contribution is -2.30. The minimum absolute atomic E-state index is 0.0314. The van der Waals surface area contributed by atoms with Gasteiger partial charge in [0.15, 0.2) is 5.78 Å². The predicted octanol–water partition coefficient (Wildman–Crippen LogP) is -0.229. The zero-order valence-corrected chi connectivity index (χ0v) is 7.20. The number of fused-ring (bicyclic) bond motifs is 1. The average molecular weight is 179 g/mol. The van der Waals surface area contributed by atoms with Gasteiger partial charge in [0, 0.05) is 12.7 Å². The van der Waals surface area contributed by atoms with E-state index in [1.54, 1.807) is 0 Å². The number of carbonyl (C=O) groups is 1. The number of hydrogen-bond acceptors (Lipinski definition) is 5. The molecule has 1 aromatic rings. The van der Waals surface area contributed by atoms with E-state index in [1.807, 2.05) is 0 Å². The molecular formula is C8H9N3O2. The number of aromatic nitrogens is 2. The number of methoxy groups -OCH3 is 1. The van der Waals surface area contributed by atoms with Crippen LogP contribution in [0.5, 0.6) is 6.01 Å². The Morgan fingerprint density at radius 2 is 2.38 bits per heavy atom. The van der Waals surface area contributed by atoms with Crippen LogP contribution >= 0.6 is 0 Å². The minimum Gasteiger partial charge on any atom is -0.467 e. The third-order valence-electron chi connectivity index (χ3n) is 1.91. The summed E-state index contributed by atoms with van der Waals surface area (Å²) in [5.74, 6) is 0.0314. The molecule has 0 saturated carbocycles. The van der Waals surface area contributed by atoms with Crippen LogP contribution in [0.15, 0.2) is 6.20 Å². The summed E-state index contributed by atoms with van der Waals surface area (Å²) >= 11 is 0. The Morgan fingerprint density at radius 1 is 1.54 bits per heavy atom. The Morgan fingerprint density at radius 3 is 3.15 bits per heavy atom. The normalized spacial score (nSPS) is 15.3. The standard InChI is InChI=1S/C8H9N3O2/c1-13-8-10-2-5-6(11-8)3-9-4-7(5)12/h2,9H,3-4H2,1H3. The molecule has 0 aromatic carbocycles. The summed E-state index contributed by atoms with van der Waals surface area (Å²) in [4.78, 5) is 19.2. The lowest BCUT2D eigenvalue weighted by atomic mass is 10.1. The van der Waals surface area contributed by atoms with E-state index in [9.17, 15) is 4.79 Å². The first-order valence-electron chi connectivity index (χ1n) is 3.95. The number of Topliss-reactive ketones (excluding diaryl/α,β-unsaturated/α-hetero) is 1. The first kappa shape index (κ1) is 8.12. The van der Waals surface area contributed by atoms with E-state index in [0.717, 1.165) is 0 Å². The second-order valence-corrected chi connectivity index (χ2v) is 2.74. The van der Waals surface area contributed by atoms with Crippen molar-refractivity contribution in [1.82, 2.24) is 15.3 Å². The molecule has 0 aliphatic carbocycles. The summed E-state index contributed by atoms with van der Waals surface area (Å²) in [6.07, 6.45) is 1.52. The SMILES string of the molecule is COc1ncc2c(n1)CNCC2=O. The van der Waals surface area contributed by atoms with Crippen molar-refractivity contribution in [2.45, 2.75) is 6.54 Å². The van der Waals surface area contributed by atoms with Crippen LogP contribution in [0.3, 0.4) is 0 Å². The summed E-state index contributed by atoms with van der Waals surface area (Å²) < 4.78 is 4.85. The molecule has 0 radical (unpaired) electrons. The predicted molar refractivity (Wildman–Crippen MR) is 44.6 cm³/mol. The molecule has 5 nitrogen and oxygen atoms in total. The molecular weight excluding hydrogens is 170 g/mol. The van der Waals surface area contributed by atoms with E-state index in [0.29, 0.717) is 30.4 Å². The fraction of sp³-hybridized carbons (Fsp3) is 0.375. The number of ketones is 1. The fourth-order valence-corrected chi connectivity index (χ4v) is 1.25. The van der Waals surface area contributed by atoms with Crippen molar-refractivity contribution in [2.24, 2.45) is 0 Å². The zero-order valence-electron chi connectivity index (χ0n) is 7.20. The van der Waals surface area contributed by atoms with Gasteiger partial charge in [-0.05, 0) is 0 Å². The highest BCUT2D eigenvalue weighted by molar-refractivity contribution is 5.99. The van der Waals surface area contributed by atoms with E-state index < -0.39 is 0 Å². The maximum absolute atomic E-state index is 11.3. The van der Waals surface area contributed by atoms with Gasteiger partial charge in [-0.15, -0.1) is 0 Å². The highest BCUT2D eigenvalue weighted by Crippen LogP contribution is 2.12. The number of carbonyl (C=O) groups excluding carboxylic acids is 1. The molecule has 0 atom stereocenters. The Bertz CT molecular complexity index is 351. The molecule has 1 aliphatic heterocycles. The lowest BCUT2D eigenvalue weighted by Gasteiger charge is -2.14. The maximum Gasteiger partial charge on any atom is 0.316 e. The highest BCUT2D eigenvalue weighted by Gasteiger charge is 2.18. The van der Waals surface area contributed by atoms with Gasteiger partial charge < -0.3 is 10.1 Å². The Hall–Kier alpha value is -1.49. The summed E-state index contributed by atoms with van der Waals surface area (Å²) in [5.41, 5.74) is 1.31. The molecule has 0 unspecified atom stereocenters. The van der Waals surface area contributed by atoms with Gasteiger partial charge in [-0.3, -0.25) is 4.79 Å². The van der Waals surface area contributed by atoms with Crippen molar-refractivity contribution in [3.8, 4) is 6.01 Å². The van der Waals surface area contributed by atoms with Gasteiger partial charge in [-0.2, -0.15) is 4.98 Å². The maximum atomic E-state index is 11.3. The van der Waals surface area contributed by atoms with Gasteiger partial charge >= 0.3 is 6.01 Å². The minimum atomic E-state index is 0.0314. The quantitative estimate of drug-likeness (QED) is 0.645. The van der Waals surface area contributed by atoms with E-state index in [4.69, 9.17) is 4.74 Å². The van der Waals surface area contributed by atoms with Crippen LogP contribution in [-0.4, -0.2) is 29.4 Å². The van der Waals surface area contributed by atoms with Gasteiger partial charge in [0.25, 0.3) is 0 Å². The van der Waals surface area contributed by atoms with Crippen LogP contribution in [0.2, 0.25) is 0 Å². The second-order valence-electron chi connectivity index (χ2n) is 2.74. The van der Waals surface area contributed by atoms with Crippen LogP contribution < -0.4 is 10.1 Å². The Labute approximate surface area is 75.1 Å². The van der Waals surface area contributed by atoms with Gasteiger partial charge in [-0.1, -0.05) is 0 Å². The third kappa shape index (κ3) is 1.38. The molecule has 2 heterocycles. The van der Waals surface area contributed by atoms with Crippen LogP contribution in [-0.2, 0) is 6.54 Å². The summed E-state index contributed by atoms with van der Waals surface area (Å²) in [6, 6.07) is 0.301. The molecule has 68 valence electrons. The smallest absolute Gasteiger partial charge is 0.316 e. The summed E-state index contributed by atoms with van der Waals surface area (Å²) in [6.45, 7) is 0.961. The molecule has 1 aliphatic rings. The van der Waals surface area contributed by atoms with Gasteiger partial charge in [0.1, 0.15) is 0 Å². The first-order valence-corrected chi connectivity index (χ1v) is 3.95. The summed E-state index contributed by atoms with van der Waals surface area (Å²) in [5, 5.41) is 2.95. The van der Waals surface area contributed by atoms with Crippen molar-refractivity contribution in [2.75, 3.05) is 13.7 Å². The van der Waals surface area contributed by atoms with Crippen LogP contribution in [0.25, 0.3) is 0 Å². The molecule has 5 heteroatoms. The lowest BCUT2D eigenvalue weighted by molar-refractivity contribution is 0.0980. The number of rotatable bonds is 1. The van der Waals surface area contributed by atoms with Gasteiger partial charge in [0.2, 0.25) is 0 Å². The molecule has 2 rings (SSSR count). The van der Waals surface area contributed by atoms with Crippen molar-refractivity contribution < 1.29 is 9.53 Å². The highest BCUT2D eigenvalue weighted by atomic mass is 16.5. The topological polar surface area (TPSA) is 64.1 Å². The summed E-state index contributed by atoms with van der Waals surface area (Å²) in [7, 11) is 1.50. The largest absolute Gasteiger partial charge is 0.467 e. The zero-order chi connectivity index (χ0) is 9.26. The first-order chi connectivity index (χ1) is 6.31. The van der Waals surface area contributed by atoms with E-state index in [1.165, 1.54) is 13.3 Å². The Balaban J connectivity index is 2.45. The number of ether oxygens (including phenoxy) is 1. The van der Waals surface area contributed by atoms with Crippen molar-refractivity contribution in [3.05, 3.63) is 17.5 Å². The van der Waals surface area contributed by atoms with Crippen molar-refractivity contribution in [1.29, 1.82) is 0 Å². The monoisotopic (exact) mass is 179 g/mol. The average Bonchev–Trinajstić information content (AvgIpc) is 2.18. The molecule has 1 N–H and O–H groups in total. The molecule has 13 heavy (non-hydrogen) atoms. The van der Waals surface area contributed by atoms with Crippen LogP contribution in [0.1, 0.15) is 16.1 Å². The van der Waals surface area contributed by atoms with Gasteiger partial charge in [0.05, 0.1) is 24.9 Å². The number of hydrogen-bond donors (Lipinski definition) is 1. The molecule has 0 saturated heterocycles. The second kappa shape index (κ2) is 3.10. The fourth-order valence-electron chi connectivity index (χ4n) is 1.25. The van der Waals surface area contributed by atoms with Crippen LogP contribution in [0.4, 0.5) is 0 Å². The van der Waals surface area contributed by atoms with Crippen LogP contribution in [0, 0.1) is 0 Å². The molecule has 0 spiro atoms. The van der Waals surface area contributed by atoms with Gasteiger partial charge in [-0.25, -0.2) is 4.98 Å². The van der Waals surface area contributed by atoms with Crippen molar-refractivity contribution >= 4 is 5.78 Å². The van der Waals surface area contributed by atoms with Crippen molar-refractivity contribution in [3.63, 3.8) is 0 Å². The number of nitrogens with one attached hydrogen (secondary N) is 1. The molecule has 0 amide bonds.